The fourth-order valence-electron chi connectivity index (χ4n) is 3.39. The minimum atomic E-state index is 0.0615. The van der Waals surface area contributed by atoms with E-state index >= 15 is 0 Å². The number of carbonyl (C=O) groups is 1. The van der Waals surface area contributed by atoms with E-state index in [1.54, 1.807) is 33.5 Å². The molecule has 0 saturated carbocycles. The number of aromatic nitrogens is 1. The van der Waals surface area contributed by atoms with E-state index < -0.39 is 0 Å². The number of pyridine rings is 1. The highest BCUT2D eigenvalue weighted by molar-refractivity contribution is 5.97. The topological polar surface area (TPSA) is 64.1 Å². The van der Waals surface area contributed by atoms with Gasteiger partial charge in [0, 0.05) is 50.9 Å². The van der Waals surface area contributed by atoms with Crippen LogP contribution in [0.15, 0.2) is 36.5 Å². The fraction of sp³-hybridized carbons (Fsp3) is 0.429. The number of ketones is 1. The van der Waals surface area contributed by atoms with Crippen LogP contribution < -0.4 is 19.1 Å². The molecule has 0 radical (unpaired) electrons. The molecule has 2 heterocycles. The van der Waals surface area contributed by atoms with Crippen molar-refractivity contribution in [1.82, 2.24) is 9.88 Å². The number of nitrogens with zero attached hydrogens (tertiary/aromatic N) is 3. The highest BCUT2D eigenvalue weighted by Crippen LogP contribution is 2.38. The van der Waals surface area contributed by atoms with Gasteiger partial charge in [0.25, 0.3) is 0 Å². The minimum absolute atomic E-state index is 0.0615. The third-order valence-electron chi connectivity index (χ3n) is 4.99. The van der Waals surface area contributed by atoms with Gasteiger partial charge in [-0.3, -0.25) is 9.69 Å². The van der Waals surface area contributed by atoms with Gasteiger partial charge in [-0.25, -0.2) is 4.98 Å². The van der Waals surface area contributed by atoms with Crippen LogP contribution in [-0.4, -0.2) is 69.7 Å². The van der Waals surface area contributed by atoms with Crippen molar-refractivity contribution in [3.63, 3.8) is 0 Å². The number of hydrogen-bond acceptors (Lipinski definition) is 7. The Morgan fingerprint density at radius 3 is 2.21 bits per heavy atom. The minimum Gasteiger partial charge on any atom is -0.493 e. The zero-order chi connectivity index (χ0) is 19.9. The first-order valence-corrected chi connectivity index (χ1v) is 9.37. The monoisotopic (exact) mass is 385 g/mol. The van der Waals surface area contributed by atoms with Crippen LogP contribution in [0.1, 0.15) is 16.8 Å². The van der Waals surface area contributed by atoms with E-state index in [9.17, 15) is 4.79 Å². The first-order chi connectivity index (χ1) is 13.7. The van der Waals surface area contributed by atoms with Gasteiger partial charge in [-0.1, -0.05) is 6.07 Å². The summed E-state index contributed by atoms with van der Waals surface area (Å²) in [6.45, 7) is 4.38. The molecule has 0 bridgehead atoms. The summed E-state index contributed by atoms with van der Waals surface area (Å²) in [7, 11) is 4.64. The maximum absolute atomic E-state index is 12.7. The number of benzene rings is 1. The van der Waals surface area contributed by atoms with E-state index in [0.717, 1.165) is 38.5 Å². The molecule has 1 aromatic carbocycles. The van der Waals surface area contributed by atoms with Gasteiger partial charge in [0.15, 0.2) is 17.3 Å². The summed E-state index contributed by atoms with van der Waals surface area (Å²) in [5.41, 5.74) is 0.571. The predicted octanol–water partition coefficient (Wildman–Crippen LogP) is 2.50. The highest BCUT2D eigenvalue weighted by Gasteiger charge is 2.20. The van der Waals surface area contributed by atoms with Gasteiger partial charge in [-0.2, -0.15) is 0 Å². The lowest BCUT2D eigenvalue weighted by molar-refractivity contribution is 0.0961. The molecule has 1 aromatic heterocycles. The van der Waals surface area contributed by atoms with Crippen molar-refractivity contribution in [2.75, 3.05) is 59.0 Å². The number of rotatable bonds is 8. The molecular weight excluding hydrogens is 358 g/mol. The van der Waals surface area contributed by atoms with Crippen molar-refractivity contribution < 1.29 is 19.0 Å². The molecule has 1 aliphatic rings. The van der Waals surface area contributed by atoms with Gasteiger partial charge in [-0.05, 0) is 24.3 Å². The number of hydrogen-bond donors (Lipinski definition) is 0. The van der Waals surface area contributed by atoms with Crippen LogP contribution in [0.4, 0.5) is 5.82 Å². The molecule has 0 spiro atoms. The maximum Gasteiger partial charge on any atom is 0.203 e. The SMILES string of the molecule is COc1cc(C(=O)CCN2CCN(c3ccccn3)CC2)cc(OC)c1OC. The molecular formula is C21H27N3O4. The van der Waals surface area contributed by atoms with Gasteiger partial charge in [0.2, 0.25) is 5.75 Å². The van der Waals surface area contributed by atoms with Crippen LogP contribution in [-0.2, 0) is 0 Å². The molecule has 1 fully saturated rings. The molecule has 0 aliphatic carbocycles. The first-order valence-electron chi connectivity index (χ1n) is 9.37. The Kier molecular flexibility index (Phi) is 6.71. The number of methoxy groups -OCH3 is 3. The van der Waals surface area contributed by atoms with Crippen LogP contribution in [0.3, 0.4) is 0 Å². The lowest BCUT2D eigenvalue weighted by Crippen LogP contribution is -2.47. The van der Waals surface area contributed by atoms with Crippen LogP contribution in [0.5, 0.6) is 17.2 Å². The van der Waals surface area contributed by atoms with E-state index in [2.05, 4.69) is 14.8 Å². The molecule has 0 atom stereocenters. The van der Waals surface area contributed by atoms with Gasteiger partial charge < -0.3 is 19.1 Å². The van der Waals surface area contributed by atoms with Gasteiger partial charge in [0.1, 0.15) is 5.82 Å². The number of piperazine rings is 1. The van der Waals surface area contributed by atoms with Crippen molar-refractivity contribution in [3.8, 4) is 17.2 Å². The zero-order valence-corrected chi connectivity index (χ0v) is 16.7. The highest BCUT2D eigenvalue weighted by atomic mass is 16.5. The van der Waals surface area contributed by atoms with Gasteiger partial charge in [0.05, 0.1) is 21.3 Å². The van der Waals surface area contributed by atoms with Crippen molar-refractivity contribution in [2.45, 2.75) is 6.42 Å². The molecule has 0 amide bonds. The molecule has 1 aliphatic heterocycles. The smallest absolute Gasteiger partial charge is 0.203 e. The summed E-state index contributed by atoms with van der Waals surface area (Å²) >= 11 is 0. The molecule has 28 heavy (non-hydrogen) atoms. The third-order valence-corrected chi connectivity index (χ3v) is 4.99. The molecule has 1 saturated heterocycles. The fourth-order valence-corrected chi connectivity index (χ4v) is 3.39. The average molecular weight is 385 g/mol. The first kappa shape index (κ1) is 19.9. The summed E-state index contributed by atoms with van der Waals surface area (Å²) < 4.78 is 16.0. The predicted molar refractivity (Wildman–Crippen MR) is 108 cm³/mol. The lowest BCUT2D eigenvalue weighted by atomic mass is 10.1. The molecule has 2 aromatic rings. The van der Waals surface area contributed by atoms with Crippen molar-refractivity contribution in [3.05, 3.63) is 42.1 Å². The Labute approximate surface area is 165 Å². The molecule has 0 N–H and O–H groups in total. The summed E-state index contributed by atoms with van der Waals surface area (Å²) in [5.74, 6) is 2.55. The summed E-state index contributed by atoms with van der Waals surface area (Å²) in [4.78, 5) is 21.7. The molecule has 150 valence electrons. The molecule has 7 nitrogen and oxygen atoms in total. The van der Waals surface area contributed by atoms with Crippen LogP contribution in [0.25, 0.3) is 0 Å². The third kappa shape index (κ3) is 4.54. The van der Waals surface area contributed by atoms with Crippen molar-refractivity contribution in [2.24, 2.45) is 0 Å². The molecule has 3 rings (SSSR count). The Morgan fingerprint density at radius 1 is 1.00 bits per heavy atom. The Hall–Kier alpha value is -2.80. The van der Waals surface area contributed by atoms with Crippen LogP contribution >= 0.6 is 0 Å². The zero-order valence-electron chi connectivity index (χ0n) is 16.7. The quantitative estimate of drug-likeness (QED) is 0.647. The van der Waals surface area contributed by atoms with Crippen LogP contribution in [0.2, 0.25) is 0 Å². The second-order valence-corrected chi connectivity index (χ2v) is 6.60. The Morgan fingerprint density at radius 2 is 1.68 bits per heavy atom. The maximum atomic E-state index is 12.7. The summed E-state index contributed by atoms with van der Waals surface area (Å²) in [6.07, 6.45) is 2.26. The van der Waals surface area contributed by atoms with E-state index in [-0.39, 0.29) is 5.78 Å². The molecule has 0 unspecified atom stereocenters. The summed E-state index contributed by atoms with van der Waals surface area (Å²) in [5, 5.41) is 0. The van der Waals surface area contributed by atoms with E-state index in [4.69, 9.17) is 14.2 Å². The molecule has 7 heteroatoms. The number of anilines is 1. The standard InChI is InChI=1S/C21H27N3O4/c1-26-18-14-16(15-19(27-2)21(18)28-3)17(25)7-9-23-10-12-24(13-11-23)20-6-4-5-8-22-20/h4-6,8,14-15H,7,9-13H2,1-3H3. The van der Waals surface area contributed by atoms with Crippen molar-refractivity contribution in [1.29, 1.82) is 0 Å². The van der Waals surface area contributed by atoms with E-state index in [1.807, 2.05) is 24.4 Å². The van der Waals surface area contributed by atoms with Crippen LogP contribution in [0, 0.1) is 0 Å². The summed E-state index contributed by atoms with van der Waals surface area (Å²) in [6, 6.07) is 9.38. The second kappa shape index (κ2) is 9.41. The van der Waals surface area contributed by atoms with Gasteiger partial charge >= 0.3 is 0 Å². The Balaban J connectivity index is 1.56. The second-order valence-electron chi connectivity index (χ2n) is 6.60. The number of ether oxygens (including phenoxy) is 3. The lowest BCUT2D eigenvalue weighted by Gasteiger charge is -2.35. The normalized spacial score (nSPS) is 14.6. The average Bonchev–Trinajstić information content (AvgIpc) is 2.77. The Bertz CT molecular complexity index is 764. The largest absolute Gasteiger partial charge is 0.493 e. The van der Waals surface area contributed by atoms with Crippen molar-refractivity contribution >= 4 is 11.6 Å². The number of Topliss-reactive ketones (excluding diaryl/α,β-unsaturated/α-hetero) is 1. The van der Waals surface area contributed by atoms with Gasteiger partial charge in [-0.15, -0.1) is 0 Å². The van der Waals surface area contributed by atoms with E-state index in [0.29, 0.717) is 29.2 Å². The number of carbonyl (C=O) groups excluding carboxylic acids is 1. The van der Waals surface area contributed by atoms with E-state index in [1.165, 1.54) is 0 Å².